The number of hydrazine groups is 1. The summed E-state index contributed by atoms with van der Waals surface area (Å²) in [5.74, 6) is -0.302. The van der Waals surface area contributed by atoms with Gasteiger partial charge in [0.05, 0.1) is 6.07 Å². The van der Waals surface area contributed by atoms with Crippen molar-refractivity contribution in [1.29, 1.82) is 5.26 Å². The number of hydrogen-bond donors (Lipinski definition) is 3. The van der Waals surface area contributed by atoms with Gasteiger partial charge >= 0.3 is 0 Å². The third kappa shape index (κ3) is 3.67. The molecule has 0 bridgehead atoms. The average molecular weight is 205 g/mol. The fraction of sp³-hybridized carbons (Fsp3) is 0.200. The minimum absolute atomic E-state index is 0.0414. The van der Waals surface area contributed by atoms with Gasteiger partial charge < -0.3 is 5.11 Å². The molecule has 5 nitrogen and oxygen atoms in total. The van der Waals surface area contributed by atoms with Crippen LogP contribution in [0, 0.1) is 11.3 Å². The number of carbonyl (C=O) groups excluding carboxylic acids is 1. The molecular formula is C10H11N3O2. The molecule has 0 fully saturated rings. The van der Waals surface area contributed by atoms with Crippen molar-refractivity contribution >= 4 is 5.91 Å². The van der Waals surface area contributed by atoms with Crippen molar-refractivity contribution in [3.8, 4) is 11.8 Å². The quantitative estimate of drug-likeness (QED) is 0.494. The van der Waals surface area contributed by atoms with Crippen molar-refractivity contribution in [1.82, 2.24) is 10.9 Å². The van der Waals surface area contributed by atoms with Gasteiger partial charge in [-0.3, -0.25) is 10.2 Å². The van der Waals surface area contributed by atoms with Crippen LogP contribution >= 0.6 is 0 Å². The summed E-state index contributed by atoms with van der Waals surface area (Å²) in [6.07, 6.45) is 0.320. The fourth-order valence-electron chi connectivity index (χ4n) is 0.980. The molecule has 1 rings (SSSR count). The first-order chi connectivity index (χ1) is 7.24. The topological polar surface area (TPSA) is 85.2 Å². The van der Waals surface area contributed by atoms with Gasteiger partial charge in [0, 0.05) is 18.5 Å². The second-order valence-electron chi connectivity index (χ2n) is 2.84. The molecule has 3 N–H and O–H groups in total. The first-order valence-corrected chi connectivity index (χ1v) is 4.43. The van der Waals surface area contributed by atoms with Crippen LogP contribution in [0.2, 0.25) is 0 Å². The average Bonchev–Trinajstić information content (AvgIpc) is 2.24. The molecule has 0 saturated carbocycles. The second-order valence-corrected chi connectivity index (χ2v) is 2.84. The maximum Gasteiger partial charge on any atom is 0.265 e. The molecule has 0 unspecified atom stereocenters. The number of hydrogen-bond acceptors (Lipinski definition) is 4. The number of carbonyl (C=O) groups is 1. The van der Waals surface area contributed by atoms with E-state index in [4.69, 9.17) is 10.4 Å². The summed E-state index contributed by atoms with van der Waals surface area (Å²) in [4.78, 5) is 11.4. The molecule has 0 spiro atoms. The van der Waals surface area contributed by atoms with E-state index in [1.54, 1.807) is 12.1 Å². The summed E-state index contributed by atoms with van der Waals surface area (Å²) in [6, 6.07) is 7.95. The standard InChI is InChI=1S/C10H11N3O2/c11-5-2-6-12-13-10(15)8-3-1-4-9(14)7-8/h1,3-4,7,12,14H,2,6H2,(H,13,15). The lowest BCUT2D eigenvalue weighted by molar-refractivity contribution is 0.0933. The molecule has 0 saturated heterocycles. The van der Waals surface area contributed by atoms with Crippen LogP contribution in [0.4, 0.5) is 0 Å². The van der Waals surface area contributed by atoms with E-state index in [1.165, 1.54) is 12.1 Å². The Bertz CT molecular complexity index is 384. The number of nitrogens with one attached hydrogen (secondary N) is 2. The van der Waals surface area contributed by atoms with Crippen LogP contribution < -0.4 is 10.9 Å². The van der Waals surface area contributed by atoms with Gasteiger partial charge in [-0.15, -0.1) is 0 Å². The minimum atomic E-state index is -0.344. The van der Waals surface area contributed by atoms with Crippen molar-refractivity contribution < 1.29 is 9.90 Å². The Morgan fingerprint density at radius 2 is 2.33 bits per heavy atom. The van der Waals surface area contributed by atoms with Crippen LogP contribution in [-0.2, 0) is 0 Å². The minimum Gasteiger partial charge on any atom is -0.508 e. The van der Waals surface area contributed by atoms with E-state index < -0.39 is 0 Å². The molecule has 0 aliphatic carbocycles. The summed E-state index contributed by atoms with van der Waals surface area (Å²) < 4.78 is 0. The Kier molecular flexibility index (Phi) is 4.13. The third-order valence-electron chi connectivity index (χ3n) is 1.67. The van der Waals surface area contributed by atoms with E-state index in [9.17, 15) is 4.79 Å². The molecule has 1 aromatic carbocycles. The smallest absolute Gasteiger partial charge is 0.265 e. The third-order valence-corrected chi connectivity index (χ3v) is 1.67. The molecule has 0 heterocycles. The normalized spacial score (nSPS) is 9.27. The molecular weight excluding hydrogens is 194 g/mol. The molecule has 0 aliphatic heterocycles. The number of nitriles is 1. The molecule has 1 aromatic rings. The Balaban J connectivity index is 2.44. The van der Waals surface area contributed by atoms with Crippen molar-refractivity contribution in [3.63, 3.8) is 0 Å². The number of amides is 1. The van der Waals surface area contributed by atoms with Crippen molar-refractivity contribution in [2.75, 3.05) is 6.54 Å². The number of phenolic OH excluding ortho intramolecular Hbond substituents is 1. The van der Waals surface area contributed by atoms with Gasteiger partial charge in [-0.05, 0) is 18.2 Å². The van der Waals surface area contributed by atoms with Crippen LogP contribution in [-0.4, -0.2) is 17.6 Å². The lowest BCUT2D eigenvalue weighted by Gasteiger charge is -2.05. The van der Waals surface area contributed by atoms with Gasteiger partial charge in [0.15, 0.2) is 0 Å². The van der Waals surface area contributed by atoms with Crippen LogP contribution in [0.3, 0.4) is 0 Å². The Hall–Kier alpha value is -2.06. The highest BCUT2D eigenvalue weighted by Crippen LogP contribution is 2.10. The molecule has 0 aromatic heterocycles. The highest BCUT2D eigenvalue weighted by atomic mass is 16.3. The van der Waals surface area contributed by atoms with E-state index in [0.717, 1.165) is 0 Å². The van der Waals surface area contributed by atoms with E-state index in [1.807, 2.05) is 6.07 Å². The molecule has 0 radical (unpaired) electrons. The van der Waals surface area contributed by atoms with Gasteiger partial charge in [-0.2, -0.15) is 5.26 Å². The summed E-state index contributed by atoms with van der Waals surface area (Å²) in [5, 5.41) is 17.4. The Morgan fingerprint density at radius 1 is 1.53 bits per heavy atom. The van der Waals surface area contributed by atoms with Crippen LogP contribution in [0.5, 0.6) is 5.75 Å². The summed E-state index contributed by atoms with van der Waals surface area (Å²) in [5.41, 5.74) is 5.37. The Labute approximate surface area is 87.3 Å². The SMILES string of the molecule is N#CCCNNC(=O)c1cccc(O)c1. The van der Waals surface area contributed by atoms with Crippen LogP contribution in [0.15, 0.2) is 24.3 Å². The van der Waals surface area contributed by atoms with E-state index >= 15 is 0 Å². The molecule has 78 valence electrons. The number of phenols is 1. The summed E-state index contributed by atoms with van der Waals surface area (Å²) in [6.45, 7) is 0.390. The first-order valence-electron chi connectivity index (χ1n) is 4.43. The lowest BCUT2D eigenvalue weighted by Crippen LogP contribution is -2.37. The molecule has 15 heavy (non-hydrogen) atoms. The monoisotopic (exact) mass is 205 g/mol. The highest BCUT2D eigenvalue weighted by molar-refractivity contribution is 5.94. The van der Waals surface area contributed by atoms with Gasteiger partial charge in [0.25, 0.3) is 5.91 Å². The maximum atomic E-state index is 11.4. The van der Waals surface area contributed by atoms with Crippen molar-refractivity contribution in [2.45, 2.75) is 6.42 Å². The second kappa shape index (κ2) is 5.62. The molecule has 0 atom stereocenters. The number of nitrogens with zero attached hydrogens (tertiary/aromatic N) is 1. The van der Waals surface area contributed by atoms with Crippen LogP contribution in [0.1, 0.15) is 16.8 Å². The van der Waals surface area contributed by atoms with Gasteiger partial charge in [-0.25, -0.2) is 5.43 Å². The van der Waals surface area contributed by atoms with Crippen molar-refractivity contribution in [2.24, 2.45) is 0 Å². The highest BCUT2D eigenvalue weighted by Gasteiger charge is 2.04. The van der Waals surface area contributed by atoms with E-state index in [-0.39, 0.29) is 11.7 Å². The fourth-order valence-corrected chi connectivity index (χ4v) is 0.980. The van der Waals surface area contributed by atoms with Crippen LogP contribution in [0.25, 0.3) is 0 Å². The lowest BCUT2D eigenvalue weighted by atomic mass is 10.2. The number of benzene rings is 1. The number of aromatic hydroxyl groups is 1. The van der Waals surface area contributed by atoms with Crippen molar-refractivity contribution in [3.05, 3.63) is 29.8 Å². The predicted octanol–water partition coefficient (Wildman–Crippen LogP) is 0.540. The van der Waals surface area contributed by atoms with Gasteiger partial charge in [-0.1, -0.05) is 6.07 Å². The maximum absolute atomic E-state index is 11.4. The van der Waals surface area contributed by atoms with E-state index in [0.29, 0.717) is 18.5 Å². The summed E-state index contributed by atoms with van der Waals surface area (Å²) in [7, 11) is 0. The van der Waals surface area contributed by atoms with Gasteiger partial charge in [0.1, 0.15) is 5.75 Å². The first kappa shape index (κ1) is 11.0. The molecule has 5 heteroatoms. The zero-order chi connectivity index (χ0) is 11.1. The Morgan fingerprint density at radius 3 is 3.00 bits per heavy atom. The largest absolute Gasteiger partial charge is 0.508 e. The zero-order valence-corrected chi connectivity index (χ0v) is 8.03. The van der Waals surface area contributed by atoms with Gasteiger partial charge in [0.2, 0.25) is 0 Å². The molecule has 0 aliphatic rings. The zero-order valence-electron chi connectivity index (χ0n) is 8.03. The summed E-state index contributed by atoms with van der Waals surface area (Å²) >= 11 is 0. The number of rotatable bonds is 4. The molecule has 1 amide bonds. The predicted molar refractivity (Wildman–Crippen MR) is 53.8 cm³/mol. The van der Waals surface area contributed by atoms with E-state index in [2.05, 4.69) is 10.9 Å².